The second-order valence-corrected chi connectivity index (χ2v) is 3.73. The van der Waals surface area contributed by atoms with Crippen molar-refractivity contribution in [1.82, 2.24) is 9.78 Å². The molecule has 18 heavy (non-hydrogen) atoms. The lowest BCUT2D eigenvalue weighted by atomic mass is 10.2. The Morgan fingerprint density at radius 1 is 1.50 bits per heavy atom. The van der Waals surface area contributed by atoms with Gasteiger partial charge in [0.2, 0.25) is 0 Å². The molecule has 0 atom stereocenters. The lowest BCUT2D eigenvalue weighted by Gasteiger charge is -2.11. The van der Waals surface area contributed by atoms with Crippen LogP contribution in [0.25, 0.3) is 0 Å². The third kappa shape index (κ3) is 2.06. The van der Waals surface area contributed by atoms with Crippen molar-refractivity contribution in [2.75, 3.05) is 18.2 Å². The highest BCUT2D eigenvalue weighted by molar-refractivity contribution is 5.76. The molecule has 0 unspecified atom stereocenters. The van der Waals surface area contributed by atoms with Crippen molar-refractivity contribution in [2.45, 2.75) is 0 Å². The van der Waals surface area contributed by atoms with Crippen molar-refractivity contribution in [3.63, 3.8) is 0 Å². The van der Waals surface area contributed by atoms with Gasteiger partial charge < -0.3 is 15.8 Å². The van der Waals surface area contributed by atoms with Crippen molar-refractivity contribution in [2.24, 2.45) is 7.05 Å². The molecule has 0 saturated heterocycles. The summed E-state index contributed by atoms with van der Waals surface area (Å²) in [6.45, 7) is 0. The Bertz CT molecular complexity index is 611. The van der Waals surface area contributed by atoms with Gasteiger partial charge in [0.15, 0.2) is 5.82 Å². The van der Waals surface area contributed by atoms with E-state index in [1.165, 1.54) is 0 Å². The SMILES string of the molecule is COc1cccc(C#N)c1Nc1nn(C)cc1N. The molecule has 0 aliphatic rings. The van der Waals surface area contributed by atoms with Crippen LogP contribution < -0.4 is 15.8 Å². The van der Waals surface area contributed by atoms with Crippen molar-refractivity contribution < 1.29 is 4.74 Å². The monoisotopic (exact) mass is 243 g/mol. The summed E-state index contributed by atoms with van der Waals surface area (Å²) in [5.74, 6) is 1.07. The number of nitrogens with one attached hydrogen (secondary N) is 1. The predicted octanol–water partition coefficient (Wildman–Crippen LogP) is 1.63. The smallest absolute Gasteiger partial charge is 0.175 e. The summed E-state index contributed by atoms with van der Waals surface area (Å²) in [7, 11) is 3.32. The van der Waals surface area contributed by atoms with Crippen LogP contribution in [0.4, 0.5) is 17.2 Å². The Hall–Kier alpha value is -2.68. The standard InChI is InChI=1S/C12H13N5O/c1-17-7-9(14)12(16-17)15-11-8(6-13)4-3-5-10(11)18-2/h3-5,7H,14H2,1-2H3,(H,15,16). The summed E-state index contributed by atoms with van der Waals surface area (Å²) < 4.78 is 6.81. The quantitative estimate of drug-likeness (QED) is 0.855. The van der Waals surface area contributed by atoms with Crippen LogP contribution in [-0.2, 0) is 7.05 Å². The van der Waals surface area contributed by atoms with Gasteiger partial charge in [-0.25, -0.2) is 0 Å². The number of rotatable bonds is 3. The first-order chi connectivity index (χ1) is 8.65. The lowest BCUT2D eigenvalue weighted by Crippen LogP contribution is -2.00. The number of aromatic nitrogens is 2. The molecule has 1 heterocycles. The summed E-state index contributed by atoms with van der Waals surface area (Å²) in [5.41, 5.74) is 7.34. The molecule has 0 radical (unpaired) electrons. The van der Waals surface area contributed by atoms with Crippen molar-refractivity contribution in [1.29, 1.82) is 5.26 Å². The molecule has 1 aromatic heterocycles. The van der Waals surface area contributed by atoms with Crippen LogP contribution in [0, 0.1) is 11.3 Å². The number of nitrogen functional groups attached to an aromatic ring is 1. The van der Waals surface area contributed by atoms with Crippen LogP contribution in [0.5, 0.6) is 5.75 Å². The van der Waals surface area contributed by atoms with E-state index >= 15 is 0 Å². The van der Waals surface area contributed by atoms with Gasteiger partial charge in [-0.15, -0.1) is 0 Å². The van der Waals surface area contributed by atoms with Crippen molar-refractivity contribution in [3.8, 4) is 11.8 Å². The number of hydrogen-bond acceptors (Lipinski definition) is 5. The minimum atomic E-state index is 0.472. The van der Waals surface area contributed by atoms with Gasteiger partial charge in [-0.1, -0.05) is 6.07 Å². The van der Waals surface area contributed by atoms with Gasteiger partial charge in [-0.3, -0.25) is 4.68 Å². The highest BCUT2D eigenvalue weighted by Gasteiger charge is 2.12. The Balaban J connectivity index is 2.45. The van der Waals surface area contributed by atoms with Crippen LogP contribution in [0.1, 0.15) is 5.56 Å². The molecule has 2 aromatic rings. The molecule has 0 saturated carbocycles. The highest BCUT2D eigenvalue weighted by Crippen LogP contribution is 2.31. The first kappa shape index (κ1) is 11.8. The van der Waals surface area contributed by atoms with E-state index < -0.39 is 0 Å². The number of anilines is 3. The van der Waals surface area contributed by atoms with Gasteiger partial charge in [0.05, 0.1) is 18.4 Å². The molecule has 6 nitrogen and oxygen atoms in total. The third-order valence-corrected chi connectivity index (χ3v) is 2.47. The lowest BCUT2D eigenvalue weighted by molar-refractivity contribution is 0.416. The van der Waals surface area contributed by atoms with E-state index in [9.17, 15) is 0 Å². The topological polar surface area (TPSA) is 88.9 Å². The number of nitrogens with two attached hydrogens (primary N) is 1. The van der Waals surface area contributed by atoms with E-state index in [1.807, 2.05) is 0 Å². The van der Waals surface area contributed by atoms with Gasteiger partial charge >= 0.3 is 0 Å². The molecule has 92 valence electrons. The summed E-state index contributed by atoms with van der Waals surface area (Å²) in [4.78, 5) is 0. The molecule has 0 fully saturated rings. The number of nitriles is 1. The summed E-state index contributed by atoms with van der Waals surface area (Å²) >= 11 is 0. The molecule has 0 amide bonds. The molecule has 1 aromatic carbocycles. The highest BCUT2D eigenvalue weighted by atomic mass is 16.5. The van der Waals surface area contributed by atoms with Gasteiger partial charge in [0.25, 0.3) is 0 Å². The Labute approximate surface area is 105 Å². The minimum Gasteiger partial charge on any atom is -0.495 e. The van der Waals surface area contributed by atoms with Crippen LogP contribution in [0.3, 0.4) is 0 Å². The zero-order valence-electron chi connectivity index (χ0n) is 10.1. The maximum absolute atomic E-state index is 9.09. The largest absolute Gasteiger partial charge is 0.495 e. The zero-order chi connectivity index (χ0) is 13.1. The fourth-order valence-corrected chi connectivity index (χ4v) is 1.65. The van der Waals surface area contributed by atoms with E-state index in [0.717, 1.165) is 0 Å². The molecular formula is C12H13N5O. The molecule has 2 rings (SSSR count). The summed E-state index contributed by atoms with van der Waals surface area (Å²) in [6.07, 6.45) is 1.68. The van der Waals surface area contributed by atoms with Crippen LogP contribution >= 0.6 is 0 Å². The molecular weight excluding hydrogens is 230 g/mol. The molecule has 0 aliphatic carbocycles. The first-order valence-corrected chi connectivity index (χ1v) is 5.29. The van der Waals surface area contributed by atoms with Gasteiger partial charge in [-0.2, -0.15) is 10.4 Å². The van der Waals surface area contributed by atoms with E-state index in [2.05, 4.69) is 16.5 Å². The van der Waals surface area contributed by atoms with Crippen LogP contribution in [0.2, 0.25) is 0 Å². The number of methoxy groups -OCH3 is 1. The fourth-order valence-electron chi connectivity index (χ4n) is 1.65. The Morgan fingerprint density at radius 3 is 2.83 bits per heavy atom. The predicted molar refractivity (Wildman–Crippen MR) is 68.6 cm³/mol. The van der Waals surface area contributed by atoms with Gasteiger partial charge in [0.1, 0.15) is 17.5 Å². The van der Waals surface area contributed by atoms with Crippen molar-refractivity contribution >= 4 is 17.2 Å². The molecule has 0 spiro atoms. The number of ether oxygens (including phenoxy) is 1. The van der Waals surface area contributed by atoms with E-state index in [1.54, 1.807) is 43.2 Å². The number of para-hydroxylation sites is 1. The van der Waals surface area contributed by atoms with E-state index in [4.69, 9.17) is 15.7 Å². The number of benzene rings is 1. The molecule has 0 bridgehead atoms. The second kappa shape index (κ2) is 4.67. The number of nitrogens with zero attached hydrogens (tertiary/aromatic N) is 3. The zero-order valence-corrected chi connectivity index (χ0v) is 10.1. The maximum Gasteiger partial charge on any atom is 0.175 e. The normalized spacial score (nSPS) is 9.83. The maximum atomic E-state index is 9.09. The average Bonchev–Trinajstić information content (AvgIpc) is 2.68. The van der Waals surface area contributed by atoms with E-state index in [-0.39, 0.29) is 0 Å². The summed E-state index contributed by atoms with van der Waals surface area (Å²) in [6, 6.07) is 7.32. The third-order valence-electron chi connectivity index (χ3n) is 2.47. The van der Waals surface area contributed by atoms with Crippen molar-refractivity contribution in [3.05, 3.63) is 30.0 Å². The number of hydrogen-bond donors (Lipinski definition) is 2. The fraction of sp³-hybridized carbons (Fsp3) is 0.167. The van der Waals surface area contributed by atoms with Crippen LogP contribution in [-0.4, -0.2) is 16.9 Å². The minimum absolute atomic E-state index is 0.472. The Kier molecular flexibility index (Phi) is 3.06. The van der Waals surface area contributed by atoms with Gasteiger partial charge in [-0.05, 0) is 12.1 Å². The summed E-state index contributed by atoms with van der Waals surface area (Å²) in [5, 5.41) is 16.3. The number of aryl methyl sites for hydroxylation is 1. The molecule has 3 N–H and O–H groups in total. The Morgan fingerprint density at radius 2 is 2.28 bits per heavy atom. The first-order valence-electron chi connectivity index (χ1n) is 5.29. The van der Waals surface area contributed by atoms with Crippen LogP contribution in [0.15, 0.2) is 24.4 Å². The van der Waals surface area contributed by atoms with E-state index in [0.29, 0.717) is 28.5 Å². The average molecular weight is 243 g/mol. The molecule has 6 heteroatoms. The van der Waals surface area contributed by atoms with Gasteiger partial charge in [0, 0.05) is 13.2 Å². The second-order valence-electron chi connectivity index (χ2n) is 3.73. The molecule has 0 aliphatic heterocycles.